The summed E-state index contributed by atoms with van der Waals surface area (Å²) in [5.41, 5.74) is 4.74. The van der Waals surface area contributed by atoms with Crippen molar-refractivity contribution in [3.05, 3.63) is 47.8 Å². The number of para-hydroxylation sites is 1. The van der Waals surface area contributed by atoms with Gasteiger partial charge in [0.15, 0.2) is 0 Å². The average molecular weight is 282 g/mol. The van der Waals surface area contributed by atoms with Crippen LogP contribution in [0.15, 0.2) is 36.5 Å². The summed E-state index contributed by atoms with van der Waals surface area (Å²) in [6.45, 7) is 3.89. The Hall–Kier alpha value is -1.87. The third kappa shape index (κ3) is 2.93. The van der Waals surface area contributed by atoms with Gasteiger partial charge in [0, 0.05) is 29.9 Å². The van der Waals surface area contributed by atoms with E-state index in [0.717, 1.165) is 31.0 Å². The van der Waals surface area contributed by atoms with Crippen molar-refractivity contribution in [1.82, 2.24) is 9.88 Å². The Morgan fingerprint density at radius 3 is 2.90 bits per heavy atom. The minimum Gasteiger partial charge on any atom is -0.493 e. The number of likely N-dealkylation sites (N-methyl/N-ethyl adjacent to an activating group) is 1. The van der Waals surface area contributed by atoms with E-state index >= 15 is 0 Å². The van der Waals surface area contributed by atoms with Crippen LogP contribution in [0.3, 0.4) is 0 Å². The Balaban J connectivity index is 2.04. The van der Waals surface area contributed by atoms with E-state index < -0.39 is 0 Å². The van der Waals surface area contributed by atoms with Gasteiger partial charge < -0.3 is 9.64 Å². The number of pyridine rings is 1. The number of nitrogens with zero attached hydrogens (tertiary/aromatic N) is 2. The van der Waals surface area contributed by atoms with Crippen LogP contribution in [0.5, 0.6) is 5.75 Å². The zero-order chi connectivity index (χ0) is 14.8. The molecule has 1 unspecified atom stereocenters. The first-order valence-electron chi connectivity index (χ1n) is 7.48. The normalized spacial score (nSPS) is 17.4. The lowest BCUT2D eigenvalue weighted by Crippen LogP contribution is -2.25. The smallest absolute Gasteiger partial charge is 0.130 e. The molecule has 110 valence electrons. The fraction of sp³-hybridized carbons (Fsp3) is 0.389. The van der Waals surface area contributed by atoms with Gasteiger partial charge in [-0.15, -0.1) is 0 Å². The van der Waals surface area contributed by atoms with Crippen molar-refractivity contribution in [3.63, 3.8) is 0 Å². The quantitative estimate of drug-likeness (QED) is 0.861. The Morgan fingerprint density at radius 1 is 1.29 bits per heavy atom. The Bertz CT molecular complexity index is 637. The highest BCUT2D eigenvalue weighted by Gasteiger charge is 2.24. The van der Waals surface area contributed by atoms with Gasteiger partial charge in [0.25, 0.3) is 0 Å². The molecule has 0 spiro atoms. The van der Waals surface area contributed by atoms with Crippen molar-refractivity contribution in [3.8, 4) is 16.9 Å². The van der Waals surface area contributed by atoms with Crippen LogP contribution in [0.4, 0.5) is 0 Å². The maximum Gasteiger partial charge on any atom is 0.130 e. The second-order valence-corrected chi connectivity index (χ2v) is 6.01. The number of rotatable bonds is 3. The second-order valence-electron chi connectivity index (χ2n) is 6.01. The number of hydrogen-bond donors (Lipinski definition) is 0. The lowest BCUT2D eigenvalue weighted by Gasteiger charge is -2.29. The molecule has 3 rings (SSSR count). The second kappa shape index (κ2) is 5.86. The molecule has 2 heterocycles. The first-order chi connectivity index (χ1) is 10.1. The summed E-state index contributed by atoms with van der Waals surface area (Å²) in [5.74, 6) is 1.60. The van der Waals surface area contributed by atoms with E-state index in [1.165, 1.54) is 16.7 Å². The van der Waals surface area contributed by atoms with E-state index in [9.17, 15) is 0 Å². The molecule has 0 aliphatic carbocycles. The predicted octanol–water partition coefficient (Wildman–Crippen LogP) is 3.48. The van der Waals surface area contributed by atoms with Crippen molar-refractivity contribution in [2.24, 2.45) is 0 Å². The predicted molar refractivity (Wildman–Crippen MR) is 85.8 cm³/mol. The fourth-order valence-electron chi connectivity index (χ4n) is 3.07. The Morgan fingerprint density at radius 2 is 2.14 bits per heavy atom. The first kappa shape index (κ1) is 14.1. The van der Waals surface area contributed by atoms with Crippen LogP contribution >= 0.6 is 0 Å². The van der Waals surface area contributed by atoms with E-state index in [0.29, 0.717) is 5.92 Å². The highest BCUT2D eigenvalue weighted by atomic mass is 16.5. The van der Waals surface area contributed by atoms with E-state index in [4.69, 9.17) is 4.74 Å². The van der Waals surface area contributed by atoms with Gasteiger partial charge >= 0.3 is 0 Å². The largest absolute Gasteiger partial charge is 0.493 e. The number of hydrogen-bond acceptors (Lipinski definition) is 3. The summed E-state index contributed by atoms with van der Waals surface area (Å²) in [5, 5.41) is 0. The summed E-state index contributed by atoms with van der Waals surface area (Å²) < 4.78 is 6.02. The van der Waals surface area contributed by atoms with E-state index in [1.54, 1.807) is 0 Å². The number of fused-ring (bicyclic) bond motifs is 1. The van der Waals surface area contributed by atoms with Crippen LogP contribution in [0.1, 0.15) is 23.6 Å². The van der Waals surface area contributed by atoms with Crippen molar-refractivity contribution in [2.75, 3.05) is 27.2 Å². The van der Waals surface area contributed by atoms with Crippen LogP contribution in [0.2, 0.25) is 0 Å². The monoisotopic (exact) mass is 282 g/mol. The van der Waals surface area contributed by atoms with Crippen LogP contribution in [0, 0.1) is 6.92 Å². The standard InChI is InChI=1S/C18H22N2O/c1-13-11-14(7-9-19-13)16-5-4-6-17-15(12-20(2)3)8-10-21-18(16)17/h4-7,9,11,15H,8,10,12H2,1-3H3. The molecule has 1 aliphatic rings. The van der Waals surface area contributed by atoms with Gasteiger partial charge in [-0.2, -0.15) is 0 Å². The molecular weight excluding hydrogens is 260 g/mol. The maximum absolute atomic E-state index is 6.02. The third-order valence-electron chi connectivity index (χ3n) is 3.99. The van der Waals surface area contributed by atoms with Crippen molar-refractivity contribution in [2.45, 2.75) is 19.3 Å². The molecular formula is C18H22N2O. The van der Waals surface area contributed by atoms with Gasteiger partial charge in [-0.3, -0.25) is 4.98 Å². The summed E-state index contributed by atoms with van der Waals surface area (Å²) >= 11 is 0. The third-order valence-corrected chi connectivity index (χ3v) is 3.99. The molecule has 0 saturated heterocycles. The molecule has 3 heteroatoms. The lowest BCUT2D eigenvalue weighted by molar-refractivity contribution is 0.245. The van der Waals surface area contributed by atoms with Crippen LogP contribution in [-0.2, 0) is 0 Å². The molecule has 3 nitrogen and oxygen atoms in total. The van der Waals surface area contributed by atoms with Gasteiger partial charge in [0.2, 0.25) is 0 Å². The SMILES string of the molecule is Cc1cc(-c2cccc3c2OCCC3CN(C)C)ccn1. The number of benzene rings is 1. The first-order valence-corrected chi connectivity index (χ1v) is 7.48. The van der Waals surface area contributed by atoms with E-state index in [-0.39, 0.29) is 0 Å². The zero-order valence-corrected chi connectivity index (χ0v) is 13.0. The molecule has 0 saturated carbocycles. The van der Waals surface area contributed by atoms with Gasteiger partial charge in [-0.1, -0.05) is 18.2 Å². The molecule has 1 atom stereocenters. The van der Waals surface area contributed by atoms with Gasteiger partial charge in [0.05, 0.1) is 6.61 Å². The minimum atomic E-state index is 0.548. The van der Waals surface area contributed by atoms with E-state index in [2.05, 4.69) is 54.3 Å². The molecule has 0 bridgehead atoms. The summed E-state index contributed by atoms with van der Waals surface area (Å²) in [4.78, 5) is 6.54. The number of aryl methyl sites for hydroxylation is 1. The van der Waals surface area contributed by atoms with E-state index in [1.807, 2.05) is 13.1 Å². The minimum absolute atomic E-state index is 0.548. The topological polar surface area (TPSA) is 25.4 Å². The van der Waals surface area contributed by atoms with Crippen molar-refractivity contribution >= 4 is 0 Å². The molecule has 2 aromatic rings. The van der Waals surface area contributed by atoms with Crippen LogP contribution in [-0.4, -0.2) is 37.1 Å². The molecule has 1 aliphatic heterocycles. The zero-order valence-electron chi connectivity index (χ0n) is 13.0. The van der Waals surface area contributed by atoms with Crippen molar-refractivity contribution in [1.29, 1.82) is 0 Å². The highest BCUT2D eigenvalue weighted by Crippen LogP contribution is 2.41. The van der Waals surface area contributed by atoms with Crippen LogP contribution < -0.4 is 4.74 Å². The Labute approximate surface area is 126 Å². The molecule has 0 fully saturated rings. The van der Waals surface area contributed by atoms with Gasteiger partial charge in [-0.25, -0.2) is 0 Å². The maximum atomic E-state index is 6.02. The molecule has 1 aromatic heterocycles. The molecule has 0 amide bonds. The molecule has 1 aromatic carbocycles. The van der Waals surface area contributed by atoms with Gasteiger partial charge in [-0.05, 0) is 50.7 Å². The molecule has 0 N–H and O–H groups in total. The van der Waals surface area contributed by atoms with Crippen LogP contribution in [0.25, 0.3) is 11.1 Å². The highest BCUT2D eigenvalue weighted by molar-refractivity contribution is 5.73. The summed E-state index contributed by atoms with van der Waals surface area (Å²) in [6.07, 6.45) is 2.95. The van der Waals surface area contributed by atoms with Gasteiger partial charge in [0.1, 0.15) is 5.75 Å². The molecule has 0 radical (unpaired) electrons. The Kier molecular flexibility index (Phi) is 3.93. The summed E-state index contributed by atoms with van der Waals surface area (Å²) in [7, 11) is 4.26. The van der Waals surface area contributed by atoms with Crippen molar-refractivity contribution < 1.29 is 4.74 Å². The molecule has 21 heavy (non-hydrogen) atoms. The number of ether oxygens (including phenoxy) is 1. The fourth-order valence-corrected chi connectivity index (χ4v) is 3.07. The summed E-state index contributed by atoms with van der Waals surface area (Å²) in [6, 6.07) is 10.7. The number of aromatic nitrogens is 1. The lowest BCUT2D eigenvalue weighted by atomic mass is 9.89. The average Bonchev–Trinajstić information content (AvgIpc) is 2.46.